The summed E-state index contributed by atoms with van der Waals surface area (Å²) in [5.74, 6) is 2.70. The Hall–Kier alpha value is -1.84. The standard InChI is InChI=1S/C19H29N5O2.HI/c1-7-20-19(22-10-15-8-16(12(2)3)24-26-15)23-11-17-14(5)18(25-6)13(4)9-21-17;/h8-9,12H,7,10-11H2,1-6H3,(H2,20,22,23);1H. The lowest BCUT2D eigenvalue weighted by Crippen LogP contribution is -2.36. The van der Waals surface area contributed by atoms with Gasteiger partial charge in [-0.25, -0.2) is 4.99 Å². The predicted molar refractivity (Wildman–Crippen MR) is 118 cm³/mol. The molecule has 150 valence electrons. The van der Waals surface area contributed by atoms with Crippen LogP contribution in [0.15, 0.2) is 21.8 Å². The third kappa shape index (κ3) is 6.37. The van der Waals surface area contributed by atoms with E-state index in [1.165, 1.54) is 0 Å². The summed E-state index contributed by atoms with van der Waals surface area (Å²) >= 11 is 0. The van der Waals surface area contributed by atoms with E-state index in [1.54, 1.807) is 7.11 Å². The molecule has 0 unspecified atom stereocenters. The Labute approximate surface area is 178 Å². The van der Waals surface area contributed by atoms with Gasteiger partial charge in [-0.05, 0) is 26.7 Å². The third-order valence-electron chi connectivity index (χ3n) is 4.08. The molecule has 0 saturated heterocycles. The van der Waals surface area contributed by atoms with Gasteiger partial charge in [0.25, 0.3) is 0 Å². The molecule has 0 atom stereocenters. The fraction of sp³-hybridized carbons (Fsp3) is 0.526. The number of hydrogen-bond donors (Lipinski definition) is 2. The molecule has 0 bridgehead atoms. The maximum Gasteiger partial charge on any atom is 0.192 e. The molecule has 0 aliphatic rings. The number of guanidine groups is 1. The minimum atomic E-state index is 0. The first kappa shape index (κ1) is 23.2. The van der Waals surface area contributed by atoms with E-state index in [1.807, 2.05) is 33.0 Å². The summed E-state index contributed by atoms with van der Waals surface area (Å²) in [5, 5.41) is 10.6. The number of halogens is 1. The van der Waals surface area contributed by atoms with E-state index >= 15 is 0 Å². The number of nitrogens with one attached hydrogen (secondary N) is 2. The fourth-order valence-corrected chi connectivity index (χ4v) is 2.58. The van der Waals surface area contributed by atoms with Crippen molar-refractivity contribution in [1.82, 2.24) is 20.8 Å². The van der Waals surface area contributed by atoms with Gasteiger partial charge in [-0.15, -0.1) is 24.0 Å². The van der Waals surface area contributed by atoms with E-state index in [-0.39, 0.29) is 24.0 Å². The van der Waals surface area contributed by atoms with Gasteiger partial charge in [-0.3, -0.25) is 4.98 Å². The van der Waals surface area contributed by atoms with Crippen molar-refractivity contribution in [3.8, 4) is 5.75 Å². The van der Waals surface area contributed by atoms with Crippen LogP contribution >= 0.6 is 24.0 Å². The average Bonchev–Trinajstić information content (AvgIpc) is 3.08. The van der Waals surface area contributed by atoms with Crippen molar-refractivity contribution >= 4 is 29.9 Å². The van der Waals surface area contributed by atoms with E-state index in [9.17, 15) is 0 Å². The number of aliphatic imine (C=N–C) groups is 1. The van der Waals surface area contributed by atoms with E-state index in [0.717, 1.165) is 40.6 Å². The van der Waals surface area contributed by atoms with Crippen LogP contribution in [0.2, 0.25) is 0 Å². The Kier molecular flexibility index (Phi) is 9.54. The third-order valence-corrected chi connectivity index (χ3v) is 4.08. The van der Waals surface area contributed by atoms with Gasteiger partial charge in [0.05, 0.1) is 31.6 Å². The molecule has 0 radical (unpaired) electrons. The average molecular weight is 487 g/mol. The highest BCUT2D eigenvalue weighted by Gasteiger charge is 2.10. The molecule has 0 amide bonds. The summed E-state index contributed by atoms with van der Waals surface area (Å²) in [5.41, 5.74) is 3.89. The zero-order valence-corrected chi connectivity index (χ0v) is 19.3. The second kappa shape index (κ2) is 11.1. The van der Waals surface area contributed by atoms with Gasteiger partial charge in [-0.1, -0.05) is 19.0 Å². The van der Waals surface area contributed by atoms with Crippen LogP contribution in [0.25, 0.3) is 0 Å². The van der Waals surface area contributed by atoms with Crippen molar-refractivity contribution in [2.24, 2.45) is 4.99 Å². The van der Waals surface area contributed by atoms with Gasteiger partial charge in [-0.2, -0.15) is 0 Å². The number of aryl methyl sites for hydroxylation is 1. The maximum atomic E-state index is 5.46. The zero-order valence-electron chi connectivity index (χ0n) is 16.9. The van der Waals surface area contributed by atoms with Gasteiger partial charge >= 0.3 is 0 Å². The van der Waals surface area contributed by atoms with E-state index in [2.05, 4.69) is 39.6 Å². The highest BCUT2D eigenvalue weighted by atomic mass is 127. The van der Waals surface area contributed by atoms with Crippen molar-refractivity contribution in [2.75, 3.05) is 13.7 Å². The van der Waals surface area contributed by atoms with Gasteiger partial charge in [0.2, 0.25) is 0 Å². The zero-order chi connectivity index (χ0) is 19.1. The molecule has 8 heteroatoms. The minimum absolute atomic E-state index is 0. The lowest BCUT2D eigenvalue weighted by Gasteiger charge is -2.12. The van der Waals surface area contributed by atoms with Gasteiger partial charge in [0.15, 0.2) is 11.7 Å². The molecule has 0 aromatic carbocycles. The molecule has 2 aromatic heterocycles. The Morgan fingerprint density at radius 2 is 2.04 bits per heavy atom. The van der Waals surface area contributed by atoms with Crippen molar-refractivity contribution in [1.29, 1.82) is 0 Å². The van der Waals surface area contributed by atoms with E-state index in [4.69, 9.17) is 9.26 Å². The van der Waals surface area contributed by atoms with Crippen LogP contribution in [0.1, 0.15) is 55.0 Å². The second-order valence-electron chi connectivity index (χ2n) is 6.47. The first-order valence-corrected chi connectivity index (χ1v) is 8.93. The Balaban J connectivity index is 0.00000364. The van der Waals surface area contributed by atoms with Gasteiger partial charge < -0.3 is 19.9 Å². The summed E-state index contributed by atoms with van der Waals surface area (Å²) in [6.07, 6.45) is 1.82. The van der Waals surface area contributed by atoms with Gasteiger partial charge in [0, 0.05) is 29.9 Å². The Morgan fingerprint density at radius 1 is 1.30 bits per heavy atom. The number of hydrogen-bond acceptors (Lipinski definition) is 5. The van der Waals surface area contributed by atoms with E-state index < -0.39 is 0 Å². The molecule has 2 N–H and O–H groups in total. The number of nitrogens with zero attached hydrogens (tertiary/aromatic N) is 3. The normalized spacial score (nSPS) is 11.3. The molecule has 2 aromatic rings. The number of ether oxygens (including phenoxy) is 1. The molecule has 27 heavy (non-hydrogen) atoms. The highest BCUT2D eigenvalue weighted by Crippen LogP contribution is 2.24. The molecular formula is C19H30IN5O2. The van der Waals surface area contributed by atoms with Crippen LogP contribution in [0, 0.1) is 13.8 Å². The topological polar surface area (TPSA) is 84.6 Å². The number of aromatic nitrogens is 2. The molecule has 0 spiro atoms. The van der Waals surface area contributed by atoms with Crippen LogP contribution in [0.5, 0.6) is 5.75 Å². The van der Waals surface area contributed by atoms with Crippen molar-refractivity contribution in [3.05, 3.63) is 40.5 Å². The van der Waals surface area contributed by atoms with E-state index in [0.29, 0.717) is 25.0 Å². The van der Waals surface area contributed by atoms with Crippen LogP contribution < -0.4 is 15.4 Å². The first-order valence-electron chi connectivity index (χ1n) is 8.93. The molecule has 0 saturated carbocycles. The summed E-state index contributed by atoms with van der Waals surface area (Å²) in [7, 11) is 1.68. The van der Waals surface area contributed by atoms with Gasteiger partial charge in [0.1, 0.15) is 5.75 Å². The molecule has 0 fully saturated rings. The second-order valence-corrected chi connectivity index (χ2v) is 6.47. The van der Waals surface area contributed by atoms with Crippen molar-refractivity contribution in [2.45, 2.75) is 53.6 Å². The molecule has 0 aliphatic heterocycles. The lowest BCUT2D eigenvalue weighted by molar-refractivity contribution is 0.372. The SMILES string of the molecule is CCNC(=NCc1ncc(C)c(OC)c1C)NCc1cc(C(C)C)no1.I. The first-order chi connectivity index (χ1) is 12.5. The molecule has 0 aliphatic carbocycles. The van der Waals surface area contributed by atoms with Crippen LogP contribution in [0.3, 0.4) is 0 Å². The van der Waals surface area contributed by atoms with Crippen LogP contribution in [-0.2, 0) is 13.1 Å². The monoisotopic (exact) mass is 487 g/mol. The Morgan fingerprint density at radius 3 is 2.63 bits per heavy atom. The molecule has 2 rings (SSSR count). The summed E-state index contributed by atoms with van der Waals surface area (Å²) < 4.78 is 10.8. The number of pyridine rings is 1. The minimum Gasteiger partial charge on any atom is -0.496 e. The molecule has 2 heterocycles. The van der Waals surface area contributed by atoms with Crippen LogP contribution in [0.4, 0.5) is 0 Å². The number of methoxy groups -OCH3 is 1. The summed E-state index contributed by atoms with van der Waals surface area (Å²) in [6, 6.07) is 1.97. The Bertz CT molecular complexity index is 759. The summed E-state index contributed by atoms with van der Waals surface area (Å²) in [6.45, 7) is 12.0. The largest absolute Gasteiger partial charge is 0.496 e. The lowest BCUT2D eigenvalue weighted by atomic mass is 10.1. The molecular weight excluding hydrogens is 457 g/mol. The predicted octanol–water partition coefficient (Wildman–Crippen LogP) is 3.69. The van der Waals surface area contributed by atoms with Crippen LogP contribution in [-0.4, -0.2) is 29.8 Å². The molecule has 7 nitrogen and oxygen atoms in total. The fourth-order valence-electron chi connectivity index (χ4n) is 2.58. The van der Waals surface area contributed by atoms with Crippen molar-refractivity contribution < 1.29 is 9.26 Å². The van der Waals surface area contributed by atoms with Crippen molar-refractivity contribution in [3.63, 3.8) is 0 Å². The quantitative estimate of drug-likeness (QED) is 0.352. The maximum absolute atomic E-state index is 5.46. The smallest absolute Gasteiger partial charge is 0.192 e. The summed E-state index contributed by atoms with van der Waals surface area (Å²) in [4.78, 5) is 9.11. The highest BCUT2D eigenvalue weighted by molar-refractivity contribution is 14.0. The number of rotatable bonds is 7.